The lowest BCUT2D eigenvalue weighted by Gasteiger charge is -2.11. The smallest absolute Gasteiger partial charge is 0.148 e. The second-order valence-electron chi connectivity index (χ2n) is 3.95. The van der Waals surface area contributed by atoms with Crippen LogP contribution in [0.5, 0.6) is 0 Å². The van der Waals surface area contributed by atoms with Gasteiger partial charge in [0.15, 0.2) is 0 Å². The molecule has 0 aliphatic rings. The third-order valence-corrected chi connectivity index (χ3v) is 3.14. The summed E-state index contributed by atoms with van der Waals surface area (Å²) in [6, 6.07) is 7.26. The van der Waals surface area contributed by atoms with Crippen molar-refractivity contribution >= 4 is 33.0 Å². The van der Waals surface area contributed by atoms with Gasteiger partial charge < -0.3 is 11.1 Å². The zero-order valence-electron chi connectivity index (χ0n) is 9.60. The lowest BCUT2D eigenvalue weighted by Crippen LogP contribution is -1.98. The molecule has 18 heavy (non-hydrogen) atoms. The molecule has 0 unspecified atom stereocenters. The van der Waals surface area contributed by atoms with Crippen LogP contribution in [-0.4, -0.2) is 0 Å². The highest BCUT2D eigenvalue weighted by Crippen LogP contribution is 2.28. The molecule has 0 fully saturated rings. The lowest BCUT2D eigenvalue weighted by atomic mass is 10.2. The van der Waals surface area contributed by atoms with Gasteiger partial charge in [0, 0.05) is 11.4 Å². The van der Waals surface area contributed by atoms with Crippen molar-refractivity contribution in [1.29, 1.82) is 0 Å². The number of nitrogens with two attached hydrogens (primary N) is 1. The Morgan fingerprint density at radius 3 is 2.44 bits per heavy atom. The van der Waals surface area contributed by atoms with Gasteiger partial charge in [-0.05, 0) is 58.7 Å². The SMILES string of the molecule is Cc1cc(Br)c(F)cc1Nc1ccc(N)cc1F. The zero-order chi connectivity index (χ0) is 13.3. The second-order valence-corrected chi connectivity index (χ2v) is 4.80. The van der Waals surface area contributed by atoms with Crippen LogP contribution in [0.4, 0.5) is 25.8 Å². The van der Waals surface area contributed by atoms with E-state index >= 15 is 0 Å². The number of aryl methyl sites for hydroxylation is 1. The van der Waals surface area contributed by atoms with E-state index in [-0.39, 0.29) is 5.69 Å². The molecule has 5 heteroatoms. The zero-order valence-corrected chi connectivity index (χ0v) is 11.2. The summed E-state index contributed by atoms with van der Waals surface area (Å²) in [5.41, 5.74) is 7.38. The molecule has 0 radical (unpaired) electrons. The first-order valence-electron chi connectivity index (χ1n) is 5.25. The summed E-state index contributed by atoms with van der Waals surface area (Å²) < 4.78 is 27.4. The van der Waals surface area contributed by atoms with Gasteiger partial charge in [0.1, 0.15) is 11.6 Å². The first kappa shape index (κ1) is 12.8. The summed E-state index contributed by atoms with van der Waals surface area (Å²) in [5.74, 6) is -0.878. The van der Waals surface area contributed by atoms with Crippen molar-refractivity contribution in [2.45, 2.75) is 6.92 Å². The molecule has 2 aromatic rings. The molecule has 3 N–H and O–H groups in total. The lowest BCUT2D eigenvalue weighted by molar-refractivity contribution is 0.620. The maximum Gasteiger partial charge on any atom is 0.148 e. The number of halogens is 3. The van der Waals surface area contributed by atoms with Crippen molar-refractivity contribution in [2.75, 3.05) is 11.1 Å². The van der Waals surface area contributed by atoms with Crippen molar-refractivity contribution in [1.82, 2.24) is 0 Å². The van der Waals surface area contributed by atoms with E-state index in [0.29, 0.717) is 15.8 Å². The summed E-state index contributed by atoms with van der Waals surface area (Å²) in [6.45, 7) is 1.81. The van der Waals surface area contributed by atoms with Gasteiger partial charge in [-0.1, -0.05) is 0 Å². The summed E-state index contributed by atoms with van der Waals surface area (Å²) >= 11 is 3.10. The Kier molecular flexibility index (Phi) is 3.52. The molecular weight excluding hydrogens is 302 g/mol. The number of benzene rings is 2. The molecule has 94 valence electrons. The van der Waals surface area contributed by atoms with Crippen LogP contribution in [0.2, 0.25) is 0 Å². The van der Waals surface area contributed by atoms with Gasteiger partial charge in [-0.2, -0.15) is 0 Å². The third-order valence-electron chi connectivity index (χ3n) is 2.53. The second kappa shape index (κ2) is 4.94. The minimum absolute atomic E-state index is 0.258. The maximum absolute atomic E-state index is 13.6. The van der Waals surface area contributed by atoms with Crippen molar-refractivity contribution in [3.63, 3.8) is 0 Å². The number of hydrogen-bond acceptors (Lipinski definition) is 2. The number of nitrogens with one attached hydrogen (secondary N) is 1. The summed E-state index contributed by atoms with van der Waals surface area (Å²) in [5, 5.41) is 2.84. The maximum atomic E-state index is 13.6. The number of nitrogen functional groups attached to an aromatic ring is 1. The highest BCUT2D eigenvalue weighted by atomic mass is 79.9. The molecule has 0 aliphatic heterocycles. The molecule has 0 saturated carbocycles. The Morgan fingerprint density at radius 2 is 1.78 bits per heavy atom. The van der Waals surface area contributed by atoms with Crippen LogP contribution in [0.3, 0.4) is 0 Å². The highest BCUT2D eigenvalue weighted by Gasteiger charge is 2.08. The van der Waals surface area contributed by atoms with E-state index in [4.69, 9.17) is 5.73 Å². The molecule has 0 saturated heterocycles. The first-order valence-corrected chi connectivity index (χ1v) is 6.04. The normalized spacial score (nSPS) is 10.4. The van der Waals surface area contributed by atoms with Crippen LogP contribution in [-0.2, 0) is 0 Å². The average molecular weight is 313 g/mol. The van der Waals surface area contributed by atoms with Gasteiger partial charge in [-0.25, -0.2) is 8.78 Å². The standard InChI is InChI=1S/C13H11BrF2N2/c1-7-4-9(14)10(15)6-13(7)18-12-3-2-8(17)5-11(12)16/h2-6,18H,17H2,1H3. The monoisotopic (exact) mass is 312 g/mol. The van der Waals surface area contributed by atoms with Crippen LogP contribution in [0, 0.1) is 18.6 Å². The van der Waals surface area contributed by atoms with Crippen molar-refractivity contribution in [3.05, 3.63) is 52.0 Å². The predicted molar refractivity (Wildman–Crippen MR) is 72.9 cm³/mol. The van der Waals surface area contributed by atoms with E-state index in [1.807, 2.05) is 6.92 Å². The van der Waals surface area contributed by atoms with Crippen LogP contribution in [0.1, 0.15) is 5.56 Å². The Hall–Kier alpha value is -1.62. The molecule has 0 aromatic heterocycles. The fourth-order valence-corrected chi connectivity index (χ4v) is 2.02. The van der Waals surface area contributed by atoms with Crippen LogP contribution in [0.25, 0.3) is 0 Å². The van der Waals surface area contributed by atoms with Crippen LogP contribution in [0.15, 0.2) is 34.8 Å². The van der Waals surface area contributed by atoms with E-state index in [9.17, 15) is 8.78 Å². The molecule has 2 aromatic carbocycles. The van der Waals surface area contributed by atoms with E-state index in [1.165, 1.54) is 18.2 Å². The minimum atomic E-state index is -0.474. The largest absolute Gasteiger partial charge is 0.399 e. The van der Waals surface area contributed by atoms with Crippen molar-refractivity contribution in [3.8, 4) is 0 Å². The highest BCUT2D eigenvalue weighted by molar-refractivity contribution is 9.10. The van der Waals surface area contributed by atoms with E-state index in [1.54, 1.807) is 12.1 Å². The molecule has 0 amide bonds. The van der Waals surface area contributed by atoms with Crippen LogP contribution < -0.4 is 11.1 Å². The minimum Gasteiger partial charge on any atom is -0.399 e. The van der Waals surface area contributed by atoms with Gasteiger partial charge >= 0.3 is 0 Å². The number of hydrogen-bond donors (Lipinski definition) is 2. The van der Waals surface area contributed by atoms with Gasteiger partial charge in [0.2, 0.25) is 0 Å². The fourth-order valence-electron chi connectivity index (χ4n) is 1.56. The molecule has 2 nitrogen and oxygen atoms in total. The molecule has 0 bridgehead atoms. The van der Waals surface area contributed by atoms with E-state index in [2.05, 4.69) is 21.2 Å². The topological polar surface area (TPSA) is 38.0 Å². The number of anilines is 3. The Balaban J connectivity index is 2.37. The third kappa shape index (κ3) is 2.61. The summed E-state index contributed by atoms with van der Waals surface area (Å²) in [6.07, 6.45) is 0. The molecule has 0 spiro atoms. The molecular formula is C13H11BrF2N2. The van der Waals surface area contributed by atoms with Crippen molar-refractivity contribution < 1.29 is 8.78 Å². The molecule has 0 atom stereocenters. The quantitative estimate of drug-likeness (QED) is 0.808. The van der Waals surface area contributed by atoms with Gasteiger partial charge in [-0.3, -0.25) is 0 Å². The van der Waals surface area contributed by atoms with Gasteiger partial charge in [-0.15, -0.1) is 0 Å². The Bertz CT molecular complexity index is 600. The summed E-state index contributed by atoms with van der Waals surface area (Å²) in [7, 11) is 0. The predicted octanol–water partition coefficient (Wildman–Crippen LogP) is 4.36. The summed E-state index contributed by atoms with van der Waals surface area (Å²) in [4.78, 5) is 0. The first-order chi connectivity index (χ1) is 8.47. The molecule has 0 aliphatic carbocycles. The van der Waals surface area contributed by atoms with Crippen molar-refractivity contribution in [2.24, 2.45) is 0 Å². The van der Waals surface area contributed by atoms with Gasteiger partial charge in [0.25, 0.3) is 0 Å². The van der Waals surface area contributed by atoms with Crippen LogP contribution >= 0.6 is 15.9 Å². The fraction of sp³-hybridized carbons (Fsp3) is 0.0769. The van der Waals surface area contributed by atoms with Gasteiger partial charge in [0.05, 0.1) is 10.2 Å². The van der Waals surface area contributed by atoms with E-state index in [0.717, 1.165) is 5.56 Å². The molecule has 0 heterocycles. The van der Waals surface area contributed by atoms with E-state index < -0.39 is 11.6 Å². The number of rotatable bonds is 2. The Morgan fingerprint density at radius 1 is 1.06 bits per heavy atom. The average Bonchev–Trinajstić information content (AvgIpc) is 2.29. The Labute approximate surface area is 112 Å². The molecule has 2 rings (SSSR count).